The average molecular weight is 302 g/mol. The highest BCUT2D eigenvalue weighted by Crippen LogP contribution is 2.31. The lowest BCUT2D eigenvalue weighted by atomic mass is 9.86. The number of aromatic nitrogens is 1. The van der Waals surface area contributed by atoms with E-state index in [0.717, 1.165) is 17.2 Å². The molecule has 0 aliphatic rings. The monoisotopic (exact) mass is 302 g/mol. The van der Waals surface area contributed by atoms with Crippen LogP contribution in [0.5, 0.6) is 0 Å². The van der Waals surface area contributed by atoms with Crippen molar-refractivity contribution in [1.29, 1.82) is 0 Å². The quantitative estimate of drug-likeness (QED) is 0.881. The van der Waals surface area contributed by atoms with E-state index in [1.807, 2.05) is 0 Å². The summed E-state index contributed by atoms with van der Waals surface area (Å²) in [6.07, 6.45) is 0. The zero-order valence-electron chi connectivity index (χ0n) is 13.9. The molecule has 1 aromatic heterocycles. The molecule has 114 valence electrons. The molecule has 0 amide bonds. The summed E-state index contributed by atoms with van der Waals surface area (Å²) in [6, 6.07) is 9.26. The zero-order chi connectivity index (χ0) is 15.6. The number of nitrogens with one attached hydrogen (secondary N) is 1. The first kappa shape index (κ1) is 16.2. The highest BCUT2D eigenvalue weighted by molar-refractivity contribution is 7.11. The van der Waals surface area contributed by atoms with Crippen LogP contribution in [0.2, 0.25) is 0 Å². The van der Waals surface area contributed by atoms with Crippen molar-refractivity contribution in [3.63, 3.8) is 0 Å². The predicted octanol–water partition coefficient (Wildman–Crippen LogP) is 4.76. The van der Waals surface area contributed by atoms with Gasteiger partial charge in [0.2, 0.25) is 0 Å². The molecule has 2 aromatic rings. The molecule has 0 fully saturated rings. The van der Waals surface area contributed by atoms with Crippen molar-refractivity contribution in [3.8, 4) is 0 Å². The van der Waals surface area contributed by atoms with Crippen LogP contribution in [0, 0.1) is 13.8 Å². The van der Waals surface area contributed by atoms with Gasteiger partial charge >= 0.3 is 0 Å². The van der Waals surface area contributed by atoms with Crippen LogP contribution in [0.1, 0.15) is 60.4 Å². The van der Waals surface area contributed by atoms with Gasteiger partial charge in [-0.1, -0.05) is 52.0 Å². The van der Waals surface area contributed by atoms with Crippen molar-refractivity contribution in [1.82, 2.24) is 10.3 Å². The lowest BCUT2D eigenvalue weighted by Crippen LogP contribution is -2.22. The Morgan fingerprint density at radius 1 is 1.14 bits per heavy atom. The van der Waals surface area contributed by atoms with Crippen LogP contribution < -0.4 is 5.32 Å². The first-order chi connectivity index (χ1) is 9.82. The summed E-state index contributed by atoms with van der Waals surface area (Å²) in [5, 5.41) is 4.73. The van der Waals surface area contributed by atoms with Crippen LogP contribution in [0.4, 0.5) is 0 Å². The van der Waals surface area contributed by atoms with Gasteiger partial charge in [0.05, 0.1) is 16.7 Å². The van der Waals surface area contributed by atoms with Gasteiger partial charge in [-0.05, 0) is 36.9 Å². The Morgan fingerprint density at radius 3 is 2.19 bits per heavy atom. The molecule has 1 unspecified atom stereocenters. The van der Waals surface area contributed by atoms with E-state index < -0.39 is 0 Å². The van der Waals surface area contributed by atoms with Gasteiger partial charge < -0.3 is 5.32 Å². The number of nitrogens with zero attached hydrogens (tertiary/aromatic N) is 1. The predicted molar refractivity (Wildman–Crippen MR) is 92.2 cm³/mol. The second-order valence-electron chi connectivity index (χ2n) is 6.55. The summed E-state index contributed by atoms with van der Waals surface area (Å²) in [6.45, 7) is 14.0. The summed E-state index contributed by atoms with van der Waals surface area (Å²) >= 11 is 1.79. The van der Waals surface area contributed by atoms with Crippen LogP contribution in [0.3, 0.4) is 0 Å². The van der Waals surface area contributed by atoms with E-state index in [4.69, 9.17) is 0 Å². The molecule has 0 saturated heterocycles. The summed E-state index contributed by atoms with van der Waals surface area (Å²) < 4.78 is 0. The SMILES string of the molecule is CCNC(c1ccc(C(C)(C)C)cc1)c1sc(C)nc1C. The maximum absolute atomic E-state index is 4.58. The second-order valence-corrected chi connectivity index (χ2v) is 7.78. The van der Waals surface area contributed by atoms with Gasteiger partial charge in [-0.3, -0.25) is 0 Å². The molecule has 2 nitrogen and oxygen atoms in total. The Labute approximate surface area is 132 Å². The van der Waals surface area contributed by atoms with E-state index in [9.17, 15) is 0 Å². The Morgan fingerprint density at radius 2 is 1.76 bits per heavy atom. The third-order valence-electron chi connectivity index (χ3n) is 3.72. The third kappa shape index (κ3) is 3.72. The third-order valence-corrected chi connectivity index (χ3v) is 4.86. The number of aryl methyl sites for hydroxylation is 2. The first-order valence-corrected chi connectivity index (χ1v) is 8.42. The van der Waals surface area contributed by atoms with E-state index >= 15 is 0 Å². The van der Waals surface area contributed by atoms with Crippen LogP contribution in [-0.2, 0) is 5.41 Å². The van der Waals surface area contributed by atoms with E-state index in [1.54, 1.807) is 11.3 Å². The number of hydrogen-bond acceptors (Lipinski definition) is 3. The minimum Gasteiger partial charge on any atom is -0.306 e. The standard InChI is InChI=1S/C18H26N2S/c1-7-19-16(17-12(2)20-13(3)21-17)14-8-10-15(11-9-14)18(4,5)6/h8-11,16,19H,7H2,1-6H3. The van der Waals surface area contributed by atoms with Gasteiger partial charge in [-0.15, -0.1) is 11.3 Å². The Hall–Kier alpha value is -1.19. The normalized spacial score (nSPS) is 13.4. The van der Waals surface area contributed by atoms with Crippen LogP contribution in [0.25, 0.3) is 0 Å². The fraction of sp³-hybridized carbons (Fsp3) is 0.500. The molecular weight excluding hydrogens is 276 g/mol. The van der Waals surface area contributed by atoms with Crippen molar-refractivity contribution in [3.05, 3.63) is 51.0 Å². The number of benzene rings is 1. The molecule has 1 N–H and O–H groups in total. The lowest BCUT2D eigenvalue weighted by molar-refractivity contribution is 0.588. The fourth-order valence-electron chi connectivity index (χ4n) is 2.56. The van der Waals surface area contributed by atoms with Crippen molar-refractivity contribution in [2.24, 2.45) is 0 Å². The van der Waals surface area contributed by atoms with Crippen LogP contribution in [-0.4, -0.2) is 11.5 Å². The van der Waals surface area contributed by atoms with Gasteiger partial charge in [-0.2, -0.15) is 0 Å². The van der Waals surface area contributed by atoms with Crippen LogP contribution >= 0.6 is 11.3 Å². The fourth-order valence-corrected chi connectivity index (χ4v) is 3.59. The molecule has 21 heavy (non-hydrogen) atoms. The molecule has 1 aromatic carbocycles. The summed E-state index contributed by atoms with van der Waals surface area (Å²) in [4.78, 5) is 5.91. The van der Waals surface area contributed by atoms with E-state index in [0.29, 0.717) is 0 Å². The van der Waals surface area contributed by atoms with Crippen LogP contribution in [0.15, 0.2) is 24.3 Å². The molecule has 3 heteroatoms. The lowest BCUT2D eigenvalue weighted by Gasteiger charge is -2.22. The Kier molecular flexibility index (Phi) is 4.84. The molecule has 0 saturated carbocycles. The Balaban J connectivity index is 2.37. The first-order valence-electron chi connectivity index (χ1n) is 7.60. The zero-order valence-corrected chi connectivity index (χ0v) is 14.8. The molecule has 1 atom stereocenters. The number of thiazole rings is 1. The molecule has 0 bridgehead atoms. The summed E-state index contributed by atoms with van der Waals surface area (Å²) in [5.41, 5.74) is 4.03. The van der Waals surface area contributed by atoms with E-state index in [-0.39, 0.29) is 11.5 Å². The largest absolute Gasteiger partial charge is 0.306 e. The van der Waals surface area contributed by atoms with Gasteiger partial charge in [0.1, 0.15) is 0 Å². The molecule has 2 rings (SSSR count). The minimum absolute atomic E-state index is 0.198. The second kappa shape index (κ2) is 6.29. The molecule has 0 aliphatic carbocycles. The maximum Gasteiger partial charge on any atom is 0.0900 e. The topological polar surface area (TPSA) is 24.9 Å². The maximum atomic E-state index is 4.58. The average Bonchev–Trinajstić information content (AvgIpc) is 2.74. The summed E-state index contributed by atoms with van der Waals surface area (Å²) in [7, 11) is 0. The van der Waals surface area contributed by atoms with Gasteiger partial charge in [-0.25, -0.2) is 4.98 Å². The molecule has 0 aliphatic heterocycles. The summed E-state index contributed by atoms with van der Waals surface area (Å²) in [5.74, 6) is 0. The van der Waals surface area contributed by atoms with Gasteiger partial charge in [0, 0.05) is 4.88 Å². The van der Waals surface area contributed by atoms with Crippen molar-refractivity contribution < 1.29 is 0 Å². The molecule has 0 radical (unpaired) electrons. The molecule has 1 heterocycles. The molecular formula is C18H26N2S. The van der Waals surface area contributed by atoms with Gasteiger partial charge in [0.15, 0.2) is 0 Å². The van der Waals surface area contributed by atoms with Crippen molar-refractivity contribution >= 4 is 11.3 Å². The van der Waals surface area contributed by atoms with Crippen molar-refractivity contribution in [2.75, 3.05) is 6.54 Å². The van der Waals surface area contributed by atoms with Gasteiger partial charge in [0.25, 0.3) is 0 Å². The van der Waals surface area contributed by atoms with E-state index in [1.165, 1.54) is 16.0 Å². The Bertz CT molecular complexity index is 591. The van der Waals surface area contributed by atoms with Crippen molar-refractivity contribution in [2.45, 2.75) is 53.0 Å². The number of hydrogen-bond donors (Lipinski definition) is 1. The highest BCUT2D eigenvalue weighted by atomic mass is 32.1. The smallest absolute Gasteiger partial charge is 0.0900 e. The minimum atomic E-state index is 0.198. The molecule has 0 spiro atoms. The highest BCUT2D eigenvalue weighted by Gasteiger charge is 2.20. The van der Waals surface area contributed by atoms with E-state index in [2.05, 4.69) is 76.1 Å². The number of rotatable bonds is 4.